The normalized spacial score (nSPS) is 12.1. The lowest BCUT2D eigenvalue weighted by Crippen LogP contribution is -2.32. The number of rotatable bonds is 5. The quantitative estimate of drug-likeness (QED) is 0.410. The summed E-state index contributed by atoms with van der Waals surface area (Å²) in [6.07, 6.45) is 0.380. The third kappa shape index (κ3) is 6.40. The maximum Gasteiger partial charge on any atom is 0.435 e. The fourth-order valence-electron chi connectivity index (χ4n) is 0.823. The summed E-state index contributed by atoms with van der Waals surface area (Å²) in [5, 5.41) is 3.80. The SMILES string of the molecule is C/C(CCN(C)C)=N\OC(=O)N(C)C(C)C. The van der Waals surface area contributed by atoms with E-state index in [1.165, 1.54) is 4.90 Å². The molecule has 0 saturated heterocycles. The average molecular weight is 229 g/mol. The molecule has 0 saturated carbocycles. The van der Waals surface area contributed by atoms with Crippen LogP contribution in [0.1, 0.15) is 27.2 Å². The third-order valence-corrected chi connectivity index (χ3v) is 2.26. The van der Waals surface area contributed by atoms with Crippen molar-refractivity contribution in [2.24, 2.45) is 5.16 Å². The largest absolute Gasteiger partial charge is 0.435 e. The van der Waals surface area contributed by atoms with Crippen molar-refractivity contribution in [3.05, 3.63) is 0 Å². The van der Waals surface area contributed by atoms with Crippen LogP contribution in [0.5, 0.6) is 0 Å². The molecule has 0 atom stereocenters. The summed E-state index contributed by atoms with van der Waals surface area (Å²) in [7, 11) is 5.68. The van der Waals surface area contributed by atoms with Crippen LogP contribution >= 0.6 is 0 Å². The summed E-state index contributed by atoms with van der Waals surface area (Å²) in [5.41, 5.74) is 0.819. The van der Waals surface area contributed by atoms with Crippen LogP contribution < -0.4 is 0 Å². The maximum absolute atomic E-state index is 11.4. The first kappa shape index (κ1) is 14.9. The topological polar surface area (TPSA) is 45.1 Å². The van der Waals surface area contributed by atoms with E-state index in [4.69, 9.17) is 4.84 Å². The summed E-state index contributed by atoms with van der Waals surface area (Å²) in [6.45, 7) is 6.59. The number of hydrogen-bond acceptors (Lipinski definition) is 4. The Labute approximate surface area is 98.0 Å². The summed E-state index contributed by atoms with van der Waals surface area (Å²) in [5.74, 6) is 0. The van der Waals surface area contributed by atoms with Crippen LogP contribution in [0.4, 0.5) is 4.79 Å². The van der Waals surface area contributed by atoms with Gasteiger partial charge in [0, 0.05) is 26.1 Å². The molecule has 94 valence electrons. The van der Waals surface area contributed by atoms with Crippen LogP contribution in [0.25, 0.3) is 0 Å². The number of carbonyl (C=O) groups excluding carboxylic acids is 1. The molecule has 0 aromatic carbocycles. The Kier molecular flexibility index (Phi) is 6.72. The molecular weight excluding hydrogens is 206 g/mol. The second-order valence-corrected chi connectivity index (χ2v) is 4.44. The molecule has 0 spiro atoms. The molecule has 0 aliphatic rings. The third-order valence-electron chi connectivity index (χ3n) is 2.26. The number of carbonyl (C=O) groups is 1. The second-order valence-electron chi connectivity index (χ2n) is 4.44. The summed E-state index contributed by atoms with van der Waals surface area (Å²) in [4.78, 5) is 19.8. The fraction of sp³-hybridized carbons (Fsp3) is 0.818. The van der Waals surface area contributed by atoms with Crippen molar-refractivity contribution in [3.8, 4) is 0 Å². The molecule has 5 heteroatoms. The van der Waals surface area contributed by atoms with Crippen LogP contribution in [-0.4, -0.2) is 55.3 Å². The molecule has 0 aliphatic heterocycles. The average Bonchev–Trinajstić information content (AvgIpc) is 2.21. The van der Waals surface area contributed by atoms with Crippen molar-refractivity contribution < 1.29 is 9.63 Å². The van der Waals surface area contributed by atoms with Crippen LogP contribution in [-0.2, 0) is 4.84 Å². The zero-order chi connectivity index (χ0) is 12.7. The molecule has 0 aromatic heterocycles. The summed E-state index contributed by atoms with van der Waals surface area (Å²) in [6, 6.07) is 0.116. The standard InChI is InChI=1S/C11H23N3O2/c1-9(2)14(6)11(15)16-12-10(3)7-8-13(4)5/h9H,7-8H2,1-6H3/b12-10+. The van der Waals surface area contributed by atoms with E-state index in [1.807, 2.05) is 34.9 Å². The van der Waals surface area contributed by atoms with E-state index in [-0.39, 0.29) is 6.04 Å². The first-order chi connectivity index (χ1) is 7.34. The van der Waals surface area contributed by atoms with Gasteiger partial charge in [0.2, 0.25) is 0 Å². The first-order valence-corrected chi connectivity index (χ1v) is 5.46. The van der Waals surface area contributed by atoms with E-state index in [1.54, 1.807) is 7.05 Å². The fourth-order valence-corrected chi connectivity index (χ4v) is 0.823. The van der Waals surface area contributed by atoms with Gasteiger partial charge >= 0.3 is 6.09 Å². The molecule has 0 rings (SSSR count). The van der Waals surface area contributed by atoms with E-state index in [0.29, 0.717) is 0 Å². The minimum atomic E-state index is -0.417. The Morgan fingerprint density at radius 3 is 2.31 bits per heavy atom. The van der Waals surface area contributed by atoms with Crippen molar-refractivity contribution >= 4 is 11.8 Å². The van der Waals surface area contributed by atoms with E-state index >= 15 is 0 Å². The molecule has 0 N–H and O–H groups in total. The first-order valence-electron chi connectivity index (χ1n) is 5.46. The molecule has 1 amide bonds. The van der Waals surface area contributed by atoms with Gasteiger partial charge in [0.25, 0.3) is 0 Å². The highest BCUT2D eigenvalue weighted by Gasteiger charge is 2.13. The smallest absolute Gasteiger partial charge is 0.309 e. The Balaban J connectivity index is 4.01. The van der Waals surface area contributed by atoms with E-state index in [9.17, 15) is 4.79 Å². The van der Waals surface area contributed by atoms with Gasteiger partial charge in [-0.3, -0.25) is 4.84 Å². The lowest BCUT2D eigenvalue weighted by Gasteiger charge is -2.18. The number of hydrogen-bond donors (Lipinski definition) is 0. The zero-order valence-electron chi connectivity index (χ0n) is 11.1. The number of nitrogens with zero attached hydrogens (tertiary/aromatic N) is 3. The van der Waals surface area contributed by atoms with Gasteiger partial charge in [0.05, 0.1) is 5.71 Å². The molecule has 5 nitrogen and oxygen atoms in total. The Hall–Kier alpha value is -1.10. The van der Waals surface area contributed by atoms with Gasteiger partial charge in [-0.15, -0.1) is 0 Å². The van der Waals surface area contributed by atoms with E-state index in [2.05, 4.69) is 10.1 Å². The minimum Gasteiger partial charge on any atom is -0.309 e. The van der Waals surface area contributed by atoms with Gasteiger partial charge < -0.3 is 9.80 Å². The van der Waals surface area contributed by atoms with Gasteiger partial charge in [0.1, 0.15) is 0 Å². The van der Waals surface area contributed by atoms with E-state index in [0.717, 1.165) is 18.7 Å². The Morgan fingerprint density at radius 2 is 1.88 bits per heavy atom. The van der Waals surface area contributed by atoms with Gasteiger partial charge in [-0.1, -0.05) is 5.16 Å². The van der Waals surface area contributed by atoms with Crippen molar-refractivity contribution in [3.63, 3.8) is 0 Å². The van der Waals surface area contributed by atoms with Gasteiger partial charge in [-0.25, -0.2) is 4.79 Å². The highest BCUT2D eigenvalue weighted by Crippen LogP contribution is 1.99. The Bertz CT molecular complexity index is 250. The van der Waals surface area contributed by atoms with Crippen LogP contribution in [0.15, 0.2) is 5.16 Å². The molecule has 0 aromatic rings. The molecule has 0 aliphatic carbocycles. The van der Waals surface area contributed by atoms with Gasteiger partial charge in [-0.2, -0.15) is 0 Å². The molecule has 16 heavy (non-hydrogen) atoms. The van der Waals surface area contributed by atoms with E-state index < -0.39 is 6.09 Å². The lowest BCUT2D eigenvalue weighted by molar-refractivity contribution is 0.105. The van der Waals surface area contributed by atoms with Crippen molar-refractivity contribution in [2.75, 3.05) is 27.7 Å². The minimum absolute atomic E-state index is 0.116. The predicted octanol–water partition coefficient (Wildman–Crippen LogP) is 1.79. The molecule has 0 radical (unpaired) electrons. The van der Waals surface area contributed by atoms with Gasteiger partial charge in [-0.05, 0) is 34.9 Å². The molecule has 0 bridgehead atoms. The van der Waals surface area contributed by atoms with Crippen molar-refractivity contribution in [1.29, 1.82) is 0 Å². The van der Waals surface area contributed by atoms with Crippen LogP contribution in [0, 0.1) is 0 Å². The summed E-state index contributed by atoms with van der Waals surface area (Å²) >= 11 is 0. The zero-order valence-corrected chi connectivity index (χ0v) is 11.1. The van der Waals surface area contributed by atoms with Gasteiger partial charge in [0.15, 0.2) is 0 Å². The highest BCUT2D eigenvalue weighted by molar-refractivity contribution is 5.82. The molecule has 0 unspecified atom stereocenters. The number of amides is 1. The van der Waals surface area contributed by atoms with Crippen LogP contribution in [0.3, 0.4) is 0 Å². The summed E-state index contributed by atoms with van der Waals surface area (Å²) < 4.78 is 0. The monoisotopic (exact) mass is 229 g/mol. The molecule has 0 fully saturated rings. The number of oxime groups is 1. The molecular formula is C11H23N3O2. The van der Waals surface area contributed by atoms with Crippen molar-refractivity contribution in [2.45, 2.75) is 33.2 Å². The maximum atomic E-state index is 11.4. The highest BCUT2D eigenvalue weighted by atomic mass is 16.7. The van der Waals surface area contributed by atoms with Crippen molar-refractivity contribution in [1.82, 2.24) is 9.80 Å². The van der Waals surface area contributed by atoms with Crippen LogP contribution in [0.2, 0.25) is 0 Å². The second kappa shape index (κ2) is 7.22. The molecule has 0 heterocycles. The lowest BCUT2D eigenvalue weighted by atomic mass is 10.3. The predicted molar refractivity (Wildman–Crippen MR) is 65.7 cm³/mol. The Morgan fingerprint density at radius 1 is 1.31 bits per heavy atom.